The molecule has 0 aliphatic carbocycles. The van der Waals surface area contributed by atoms with Gasteiger partial charge in [-0.3, -0.25) is 19.7 Å². The fraction of sp³-hybridized carbons (Fsp3) is 0.306. The minimum Gasteiger partial charge on any atom is -0.436 e. The van der Waals surface area contributed by atoms with Gasteiger partial charge in [-0.05, 0) is 84.1 Å². The lowest BCUT2D eigenvalue weighted by atomic mass is 9.87. The molecule has 0 aliphatic rings. The number of thiocarbonyl (C=S) groups is 1. The van der Waals surface area contributed by atoms with Gasteiger partial charge in [0.2, 0.25) is 5.91 Å². The Balaban J connectivity index is 1.13. The van der Waals surface area contributed by atoms with Crippen LogP contribution < -0.4 is 27.0 Å². The number of nitrogens with one attached hydrogen (secondary N) is 5. The number of anilines is 2. The molecule has 12 heteroatoms. The fourth-order valence-electron chi connectivity index (χ4n) is 5.06. The number of unbranched alkanes of at least 4 members (excludes halogenated alkanes) is 2. The van der Waals surface area contributed by atoms with Crippen molar-refractivity contribution in [3.8, 4) is 0 Å². The number of hydrogen-bond donors (Lipinski definition) is 6. The number of ether oxygens (including phenoxy) is 1. The molecular formula is C36H42N6O5S. The molecule has 3 aromatic carbocycles. The zero-order chi connectivity index (χ0) is 34.7. The number of carbonyl (C=O) groups is 4. The van der Waals surface area contributed by atoms with Crippen molar-refractivity contribution in [2.45, 2.75) is 64.4 Å². The monoisotopic (exact) mass is 670 g/mol. The van der Waals surface area contributed by atoms with E-state index in [1.165, 1.54) is 0 Å². The highest BCUT2D eigenvalue weighted by atomic mass is 32.1. The van der Waals surface area contributed by atoms with Gasteiger partial charge in [0.05, 0.1) is 0 Å². The Morgan fingerprint density at radius 1 is 0.875 bits per heavy atom. The lowest BCUT2D eigenvalue weighted by Gasteiger charge is -2.19. The van der Waals surface area contributed by atoms with Crippen LogP contribution in [0.5, 0.6) is 0 Å². The average Bonchev–Trinajstić information content (AvgIpc) is 3.45. The first-order valence-electron chi connectivity index (χ1n) is 15.8. The van der Waals surface area contributed by atoms with Crippen LogP contribution in [-0.4, -0.2) is 46.6 Å². The summed E-state index contributed by atoms with van der Waals surface area (Å²) >= 11 is 5.30. The standard InChI is InChI=1S/C36H42N6O5S/c1-36(2,3)25-14-12-23(13-15-25)32(44)42-35(48)41-27-18-16-26(17-19-27)40-31(43)11-5-4-8-20-38-33(45)30(47-34(37)46)21-24-22-39-29-10-7-6-9-28(24)29/h6-7,9-10,12-19,22,30,39H,4-5,8,11,20-21H2,1-3H3,(H2,37,46)(H,38,45)(H,40,43)(H2,41,42,44,48). The number of aromatic amines is 1. The number of benzene rings is 3. The second kappa shape index (κ2) is 16.6. The van der Waals surface area contributed by atoms with Crippen LogP contribution in [0.25, 0.3) is 10.9 Å². The molecule has 0 bridgehead atoms. The van der Waals surface area contributed by atoms with Gasteiger partial charge in [0.1, 0.15) is 0 Å². The van der Waals surface area contributed by atoms with E-state index in [2.05, 4.69) is 47.0 Å². The van der Waals surface area contributed by atoms with Crippen molar-refractivity contribution in [1.82, 2.24) is 15.6 Å². The van der Waals surface area contributed by atoms with Gasteiger partial charge in [-0.15, -0.1) is 0 Å². The Hall–Kier alpha value is -5.23. The lowest BCUT2D eigenvalue weighted by Crippen LogP contribution is -2.40. The molecule has 11 nitrogen and oxygen atoms in total. The number of primary amides is 1. The predicted octanol–water partition coefficient (Wildman–Crippen LogP) is 5.91. The van der Waals surface area contributed by atoms with Crippen LogP contribution in [0.15, 0.2) is 79.0 Å². The summed E-state index contributed by atoms with van der Waals surface area (Å²) in [5, 5.41) is 12.4. The Bertz CT molecular complexity index is 1750. The summed E-state index contributed by atoms with van der Waals surface area (Å²) in [5.41, 5.74) is 9.91. The Kier molecular flexibility index (Phi) is 12.3. The minimum atomic E-state index is -1.06. The largest absolute Gasteiger partial charge is 0.436 e. The maximum atomic E-state index is 12.8. The number of carbonyl (C=O) groups excluding carboxylic acids is 4. The van der Waals surface area contributed by atoms with Gasteiger partial charge in [0.15, 0.2) is 11.2 Å². The van der Waals surface area contributed by atoms with Crippen LogP contribution in [0.2, 0.25) is 0 Å². The van der Waals surface area contributed by atoms with E-state index in [1.54, 1.807) is 42.6 Å². The van der Waals surface area contributed by atoms with Crippen LogP contribution >= 0.6 is 12.2 Å². The molecule has 1 unspecified atom stereocenters. The first kappa shape index (κ1) is 35.6. The third kappa shape index (κ3) is 10.7. The summed E-state index contributed by atoms with van der Waals surface area (Å²) in [6.45, 7) is 6.71. The van der Waals surface area contributed by atoms with Crippen molar-refractivity contribution >= 4 is 63.4 Å². The SMILES string of the molecule is CC(C)(C)c1ccc(C(=O)NC(=S)Nc2ccc(NC(=O)CCCCCNC(=O)C(Cc3c[nH]c4ccccc34)OC(N)=O)cc2)cc1. The summed E-state index contributed by atoms with van der Waals surface area (Å²) in [6, 6.07) is 22.1. The van der Waals surface area contributed by atoms with Crippen molar-refractivity contribution in [2.75, 3.05) is 17.2 Å². The number of fused-ring (bicyclic) bond motifs is 1. The third-order valence-electron chi connectivity index (χ3n) is 7.68. The van der Waals surface area contributed by atoms with Gasteiger partial charge < -0.3 is 31.4 Å². The highest BCUT2D eigenvalue weighted by Gasteiger charge is 2.23. The second-order valence-corrected chi connectivity index (χ2v) is 12.9. The number of aromatic nitrogens is 1. The maximum absolute atomic E-state index is 12.8. The summed E-state index contributed by atoms with van der Waals surface area (Å²) < 4.78 is 5.10. The molecule has 0 fully saturated rings. The van der Waals surface area contributed by atoms with Crippen molar-refractivity contribution in [1.29, 1.82) is 0 Å². The van der Waals surface area contributed by atoms with Crippen LogP contribution in [0.3, 0.4) is 0 Å². The molecule has 0 aliphatic heterocycles. The van der Waals surface area contributed by atoms with Crippen molar-refractivity contribution in [3.63, 3.8) is 0 Å². The Morgan fingerprint density at radius 2 is 1.54 bits per heavy atom. The number of rotatable bonds is 13. The van der Waals surface area contributed by atoms with E-state index < -0.39 is 18.1 Å². The molecule has 4 rings (SSSR count). The van der Waals surface area contributed by atoms with Crippen molar-refractivity contribution in [2.24, 2.45) is 5.73 Å². The summed E-state index contributed by atoms with van der Waals surface area (Å²) in [6.07, 6.45) is 2.21. The van der Waals surface area contributed by atoms with E-state index in [9.17, 15) is 19.2 Å². The van der Waals surface area contributed by atoms with Gasteiger partial charge >= 0.3 is 6.09 Å². The molecule has 4 aromatic rings. The van der Waals surface area contributed by atoms with E-state index in [1.807, 2.05) is 36.4 Å². The van der Waals surface area contributed by atoms with E-state index in [0.29, 0.717) is 49.2 Å². The van der Waals surface area contributed by atoms with Gasteiger partial charge in [0.25, 0.3) is 11.8 Å². The normalized spacial score (nSPS) is 11.7. The molecule has 48 heavy (non-hydrogen) atoms. The van der Waals surface area contributed by atoms with Crippen LogP contribution in [-0.2, 0) is 26.2 Å². The van der Waals surface area contributed by atoms with Crippen LogP contribution in [0.4, 0.5) is 16.2 Å². The molecular weight excluding hydrogens is 629 g/mol. The zero-order valence-electron chi connectivity index (χ0n) is 27.4. The molecule has 0 saturated heterocycles. The van der Waals surface area contributed by atoms with Gasteiger partial charge in [0, 0.05) is 53.4 Å². The first-order chi connectivity index (χ1) is 22.9. The third-order valence-corrected chi connectivity index (χ3v) is 7.88. The molecule has 0 saturated carbocycles. The topological polar surface area (TPSA) is 167 Å². The van der Waals surface area contributed by atoms with E-state index in [4.69, 9.17) is 22.7 Å². The molecule has 1 atom stereocenters. The number of nitrogens with two attached hydrogens (primary N) is 1. The first-order valence-corrected chi connectivity index (χ1v) is 16.2. The van der Waals surface area contributed by atoms with Crippen LogP contribution in [0.1, 0.15) is 67.9 Å². The summed E-state index contributed by atoms with van der Waals surface area (Å²) in [7, 11) is 0. The lowest BCUT2D eigenvalue weighted by molar-refractivity contribution is -0.129. The molecule has 1 aromatic heterocycles. The number of para-hydroxylation sites is 1. The van der Waals surface area contributed by atoms with Gasteiger partial charge in [-0.25, -0.2) is 4.79 Å². The Labute approximate surface area is 285 Å². The molecule has 252 valence electrons. The highest BCUT2D eigenvalue weighted by molar-refractivity contribution is 7.80. The fourth-order valence-corrected chi connectivity index (χ4v) is 5.27. The molecule has 7 N–H and O–H groups in total. The molecule has 0 radical (unpaired) electrons. The molecule has 0 spiro atoms. The molecule has 1 heterocycles. The maximum Gasteiger partial charge on any atom is 0.405 e. The van der Waals surface area contributed by atoms with Gasteiger partial charge in [-0.1, -0.05) is 57.5 Å². The Morgan fingerprint density at radius 3 is 2.21 bits per heavy atom. The van der Waals surface area contributed by atoms with E-state index >= 15 is 0 Å². The van der Waals surface area contributed by atoms with Crippen molar-refractivity contribution < 1.29 is 23.9 Å². The predicted molar refractivity (Wildman–Crippen MR) is 192 cm³/mol. The summed E-state index contributed by atoms with van der Waals surface area (Å²) in [5.74, 6) is -0.862. The van der Waals surface area contributed by atoms with Gasteiger partial charge in [-0.2, -0.15) is 0 Å². The van der Waals surface area contributed by atoms with Crippen molar-refractivity contribution in [3.05, 3.63) is 95.7 Å². The quantitative estimate of drug-likeness (QED) is 0.0759. The molecule has 4 amide bonds. The van der Waals surface area contributed by atoms with E-state index in [-0.39, 0.29) is 28.8 Å². The summed E-state index contributed by atoms with van der Waals surface area (Å²) in [4.78, 5) is 52.4. The second-order valence-electron chi connectivity index (χ2n) is 12.5. The zero-order valence-corrected chi connectivity index (χ0v) is 28.2. The van der Waals surface area contributed by atoms with E-state index in [0.717, 1.165) is 22.0 Å². The smallest absolute Gasteiger partial charge is 0.405 e. The minimum absolute atomic E-state index is 0.00484. The number of H-pyrrole nitrogens is 1. The highest BCUT2D eigenvalue weighted by Crippen LogP contribution is 2.23. The van der Waals surface area contributed by atoms with Crippen LogP contribution in [0, 0.1) is 0 Å². The number of hydrogen-bond acceptors (Lipinski definition) is 6. The number of amides is 4. The average molecular weight is 671 g/mol.